The summed E-state index contributed by atoms with van der Waals surface area (Å²) in [5.41, 5.74) is 2.90. The molecule has 2 aliphatic carbocycles. The minimum absolute atomic E-state index is 0.0355. The lowest BCUT2D eigenvalue weighted by molar-refractivity contribution is -0.153. The van der Waals surface area contributed by atoms with Crippen molar-refractivity contribution in [1.82, 2.24) is 5.32 Å². The fourth-order valence-electron chi connectivity index (χ4n) is 5.03. The van der Waals surface area contributed by atoms with Gasteiger partial charge in [-0.1, -0.05) is 44.2 Å². The van der Waals surface area contributed by atoms with Gasteiger partial charge in [-0.05, 0) is 55.2 Å². The third-order valence-electron chi connectivity index (χ3n) is 6.30. The zero-order chi connectivity index (χ0) is 20.8. The third-order valence-corrected chi connectivity index (χ3v) is 6.53. The van der Waals surface area contributed by atoms with Crippen LogP contribution >= 0.6 is 11.6 Å². The Morgan fingerprint density at radius 3 is 2.66 bits per heavy atom. The highest BCUT2D eigenvalue weighted by atomic mass is 35.5. The van der Waals surface area contributed by atoms with E-state index in [9.17, 15) is 9.59 Å². The van der Waals surface area contributed by atoms with Crippen molar-refractivity contribution in [2.45, 2.75) is 64.4 Å². The number of benzene rings is 1. The minimum Gasteiger partial charge on any atom is -0.462 e. The molecule has 1 fully saturated rings. The van der Waals surface area contributed by atoms with Crippen molar-refractivity contribution in [3.8, 4) is 0 Å². The summed E-state index contributed by atoms with van der Waals surface area (Å²) in [5, 5.41) is 3.89. The topological polar surface area (TPSA) is 55.4 Å². The summed E-state index contributed by atoms with van der Waals surface area (Å²) in [4.78, 5) is 26.5. The van der Waals surface area contributed by atoms with E-state index in [4.69, 9.17) is 16.3 Å². The van der Waals surface area contributed by atoms with Crippen LogP contribution in [0.25, 0.3) is 0 Å². The Hall–Kier alpha value is -2.07. The molecule has 1 aromatic carbocycles. The first kappa shape index (κ1) is 20.2. The van der Waals surface area contributed by atoms with E-state index in [-0.39, 0.29) is 23.3 Å². The van der Waals surface area contributed by atoms with E-state index in [1.807, 2.05) is 18.2 Å². The number of allylic oxidation sites excluding steroid dienone is 2. The van der Waals surface area contributed by atoms with Gasteiger partial charge in [-0.25, -0.2) is 0 Å². The van der Waals surface area contributed by atoms with E-state index >= 15 is 0 Å². The zero-order valence-electron chi connectivity index (χ0n) is 17.1. The SMILES string of the molecule is C=C1NC2=C(C(=O)CC(C)(C)C2)C(c2cccc(Cl)c2)C1C(=O)OC1CCCC1. The fourth-order valence-corrected chi connectivity index (χ4v) is 5.23. The second-order valence-corrected chi connectivity index (χ2v) is 9.77. The molecule has 0 spiro atoms. The number of halogens is 1. The molecule has 4 nitrogen and oxygen atoms in total. The van der Waals surface area contributed by atoms with Crippen LogP contribution in [0.1, 0.15) is 63.9 Å². The first-order valence-electron chi connectivity index (χ1n) is 10.4. The predicted molar refractivity (Wildman–Crippen MR) is 113 cm³/mol. The van der Waals surface area contributed by atoms with Crippen molar-refractivity contribution in [1.29, 1.82) is 0 Å². The molecule has 0 aromatic heterocycles. The summed E-state index contributed by atoms with van der Waals surface area (Å²) in [6.07, 6.45) is 5.15. The van der Waals surface area contributed by atoms with Crippen LogP contribution in [0.3, 0.4) is 0 Å². The van der Waals surface area contributed by atoms with Crippen LogP contribution in [-0.4, -0.2) is 17.9 Å². The van der Waals surface area contributed by atoms with Gasteiger partial charge in [-0.3, -0.25) is 9.59 Å². The van der Waals surface area contributed by atoms with Crippen LogP contribution in [0.15, 0.2) is 47.8 Å². The smallest absolute Gasteiger partial charge is 0.316 e. The lowest BCUT2D eigenvalue weighted by Gasteiger charge is -2.42. The highest BCUT2D eigenvalue weighted by molar-refractivity contribution is 6.30. The van der Waals surface area contributed by atoms with E-state index in [1.165, 1.54) is 0 Å². The number of hydrogen-bond acceptors (Lipinski definition) is 4. The van der Waals surface area contributed by atoms with Crippen LogP contribution in [0.5, 0.6) is 0 Å². The quantitative estimate of drug-likeness (QED) is 0.684. The molecule has 29 heavy (non-hydrogen) atoms. The number of esters is 1. The van der Waals surface area contributed by atoms with Crippen LogP contribution < -0.4 is 5.32 Å². The van der Waals surface area contributed by atoms with Crippen LogP contribution in [0.4, 0.5) is 0 Å². The van der Waals surface area contributed by atoms with Gasteiger partial charge in [0.2, 0.25) is 0 Å². The van der Waals surface area contributed by atoms with Gasteiger partial charge in [0.25, 0.3) is 0 Å². The van der Waals surface area contributed by atoms with Crippen LogP contribution in [0, 0.1) is 11.3 Å². The maximum absolute atomic E-state index is 13.3. The number of Topliss-reactive ketones (excluding diaryl/α,β-unsaturated/α-hetero) is 1. The monoisotopic (exact) mass is 413 g/mol. The average Bonchev–Trinajstić information content (AvgIpc) is 3.12. The van der Waals surface area contributed by atoms with Gasteiger partial charge in [0, 0.05) is 34.3 Å². The van der Waals surface area contributed by atoms with E-state index < -0.39 is 11.8 Å². The van der Waals surface area contributed by atoms with Gasteiger partial charge in [-0.15, -0.1) is 0 Å². The number of ether oxygens (including phenoxy) is 1. The first-order valence-corrected chi connectivity index (χ1v) is 10.8. The molecule has 0 amide bonds. The van der Waals surface area contributed by atoms with Gasteiger partial charge in [-0.2, -0.15) is 0 Å². The summed E-state index contributed by atoms with van der Waals surface area (Å²) >= 11 is 6.27. The van der Waals surface area contributed by atoms with E-state index in [1.54, 1.807) is 6.07 Å². The molecule has 1 aromatic rings. The van der Waals surface area contributed by atoms with E-state index in [0.717, 1.165) is 43.4 Å². The zero-order valence-corrected chi connectivity index (χ0v) is 17.8. The fraction of sp³-hybridized carbons (Fsp3) is 0.500. The molecule has 4 rings (SSSR count). The Bertz CT molecular complexity index is 895. The number of carbonyl (C=O) groups excluding carboxylic acids is 2. The second kappa shape index (κ2) is 7.64. The standard InChI is InChI=1S/C24H28ClNO3/c1-14-20(23(28)29-17-9-4-5-10-17)21(15-7-6-8-16(25)11-15)22-18(26-14)12-24(2,3)13-19(22)27/h6-8,11,17,20-21,26H,1,4-5,9-10,12-13H2,2-3H3. The van der Waals surface area contributed by atoms with Crippen molar-refractivity contribution in [3.05, 3.63) is 58.4 Å². The van der Waals surface area contributed by atoms with E-state index in [2.05, 4.69) is 25.7 Å². The van der Waals surface area contributed by atoms with E-state index in [0.29, 0.717) is 22.7 Å². The van der Waals surface area contributed by atoms with Crippen LogP contribution in [-0.2, 0) is 14.3 Å². The van der Waals surface area contributed by atoms with Gasteiger partial charge in [0.15, 0.2) is 5.78 Å². The molecule has 2 unspecified atom stereocenters. The third kappa shape index (κ3) is 4.00. The number of hydrogen-bond donors (Lipinski definition) is 1. The lowest BCUT2D eigenvalue weighted by atomic mass is 9.66. The van der Waals surface area contributed by atoms with Gasteiger partial charge < -0.3 is 10.1 Å². The van der Waals surface area contributed by atoms with Gasteiger partial charge >= 0.3 is 5.97 Å². The number of ketones is 1. The maximum Gasteiger partial charge on any atom is 0.316 e. The summed E-state index contributed by atoms with van der Waals surface area (Å²) in [6.45, 7) is 8.35. The molecule has 1 N–H and O–H groups in total. The van der Waals surface area contributed by atoms with Crippen molar-refractivity contribution in [2.24, 2.45) is 11.3 Å². The Labute approximate surface area is 177 Å². The Morgan fingerprint density at radius 1 is 1.24 bits per heavy atom. The summed E-state index contributed by atoms with van der Waals surface area (Å²) < 4.78 is 5.85. The molecule has 154 valence electrons. The Kier molecular flexibility index (Phi) is 5.32. The highest BCUT2D eigenvalue weighted by Crippen LogP contribution is 2.48. The summed E-state index contributed by atoms with van der Waals surface area (Å²) in [5.74, 6) is -1.28. The summed E-state index contributed by atoms with van der Waals surface area (Å²) in [6, 6.07) is 7.44. The normalized spacial score (nSPS) is 26.9. The predicted octanol–water partition coefficient (Wildman–Crippen LogP) is 5.29. The molecule has 0 saturated heterocycles. The molecular formula is C24H28ClNO3. The molecule has 1 aliphatic heterocycles. The van der Waals surface area contributed by atoms with Crippen LogP contribution in [0.2, 0.25) is 5.02 Å². The Balaban J connectivity index is 1.78. The largest absolute Gasteiger partial charge is 0.462 e. The molecule has 1 saturated carbocycles. The number of nitrogens with one attached hydrogen (secondary N) is 1. The van der Waals surface area contributed by atoms with Crippen molar-refractivity contribution in [3.63, 3.8) is 0 Å². The molecule has 3 aliphatic rings. The molecule has 0 bridgehead atoms. The highest BCUT2D eigenvalue weighted by Gasteiger charge is 2.47. The van der Waals surface area contributed by atoms with Crippen molar-refractivity contribution in [2.75, 3.05) is 0 Å². The number of rotatable bonds is 3. The average molecular weight is 414 g/mol. The molecule has 1 heterocycles. The van der Waals surface area contributed by atoms with Crippen molar-refractivity contribution >= 4 is 23.4 Å². The minimum atomic E-state index is -0.641. The molecule has 5 heteroatoms. The molecule has 2 atom stereocenters. The van der Waals surface area contributed by atoms with Gasteiger partial charge in [0.05, 0.1) is 0 Å². The maximum atomic E-state index is 13.3. The molecular weight excluding hydrogens is 386 g/mol. The Morgan fingerprint density at radius 2 is 1.97 bits per heavy atom. The number of carbonyl (C=O) groups is 2. The van der Waals surface area contributed by atoms with Crippen molar-refractivity contribution < 1.29 is 14.3 Å². The summed E-state index contributed by atoms with van der Waals surface area (Å²) in [7, 11) is 0. The first-order chi connectivity index (χ1) is 13.7. The second-order valence-electron chi connectivity index (χ2n) is 9.34. The lowest BCUT2D eigenvalue weighted by Crippen LogP contribution is -2.44. The molecule has 0 radical (unpaired) electrons. The van der Waals surface area contributed by atoms with Gasteiger partial charge in [0.1, 0.15) is 12.0 Å².